The van der Waals surface area contributed by atoms with E-state index in [1.54, 1.807) is 11.2 Å². The lowest BCUT2D eigenvalue weighted by atomic mass is 9.92. The number of carbonyl (C=O) groups excluding carboxylic acids is 2. The van der Waals surface area contributed by atoms with Crippen molar-refractivity contribution in [3.8, 4) is 0 Å². The Kier molecular flexibility index (Phi) is 4.28. The first kappa shape index (κ1) is 14.5. The molecule has 2 rings (SSSR count). The van der Waals surface area contributed by atoms with Crippen molar-refractivity contribution < 1.29 is 13.8 Å². The lowest BCUT2D eigenvalue weighted by molar-refractivity contribution is -0.151. The number of hydrogen-bond acceptors (Lipinski definition) is 3. The molecule has 0 radical (unpaired) electrons. The molecule has 19 heavy (non-hydrogen) atoms. The molecule has 1 N–H and O–H groups in total. The van der Waals surface area contributed by atoms with Gasteiger partial charge in [0.1, 0.15) is 5.54 Å². The molecule has 1 spiro atoms. The molecule has 2 amide bonds. The van der Waals surface area contributed by atoms with Gasteiger partial charge in [-0.15, -0.1) is 0 Å². The van der Waals surface area contributed by atoms with Gasteiger partial charge in [-0.3, -0.25) is 13.8 Å². The third-order valence-corrected chi connectivity index (χ3v) is 4.99. The van der Waals surface area contributed by atoms with Crippen LogP contribution in [0.15, 0.2) is 0 Å². The van der Waals surface area contributed by atoms with E-state index in [-0.39, 0.29) is 24.4 Å². The molecule has 1 aliphatic carbocycles. The van der Waals surface area contributed by atoms with Crippen LogP contribution in [0.25, 0.3) is 0 Å². The molecule has 2 unspecified atom stereocenters. The zero-order chi connectivity index (χ0) is 14.0. The molecule has 2 fully saturated rings. The van der Waals surface area contributed by atoms with Gasteiger partial charge in [0.15, 0.2) is 0 Å². The van der Waals surface area contributed by atoms with E-state index in [4.69, 9.17) is 0 Å². The topological polar surface area (TPSA) is 66.5 Å². The lowest BCUT2D eigenvalue weighted by Gasteiger charge is -2.42. The zero-order valence-electron chi connectivity index (χ0n) is 11.6. The van der Waals surface area contributed by atoms with Crippen molar-refractivity contribution in [2.45, 2.75) is 50.6 Å². The molecule has 5 nitrogen and oxygen atoms in total. The summed E-state index contributed by atoms with van der Waals surface area (Å²) in [5, 5.41) is 2.90. The minimum atomic E-state index is -0.860. The second-order valence-corrected chi connectivity index (χ2v) is 7.24. The molecule has 0 aromatic rings. The van der Waals surface area contributed by atoms with Gasteiger partial charge >= 0.3 is 0 Å². The van der Waals surface area contributed by atoms with E-state index in [9.17, 15) is 13.8 Å². The number of nitrogens with one attached hydrogen (secondary N) is 1. The molecule has 1 aliphatic heterocycles. The van der Waals surface area contributed by atoms with Crippen molar-refractivity contribution in [1.29, 1.82) is 0 Å². The fourth-order valence-electron chi connectivity index (χ4n) is 3.03. The number of nitrogens with zero attached hydrogens (tertiary/aromatic N) is 1. The van der Waals surface area contributed by atoms with Crippen LogP contribution in [0.4, 0.5) is 0 Å². The normalized spacial score (nSPS) is 25.5. The molecule has 1 saturated carbocycles. The number of amides is 2. The molecular formula is C13H22N2O3S. The van der Waals surface area contributed by atoms with E-state index in [2.05, 4.69) is 5.32 Å². The van der Waals surface area contributed by atoms with Crippen molar-refractivity contribution >= 4 is 22.6 Å². The predicted molar refractivity (Wildman–Crippen MR) is 74.1 cm³/mol. The average Bonchev–Trinajstić information content (AvgIpc) is 2.80. The van der Waals surface area contributed by atoms with E-state index in [1.165, 1.54) is 0 Å². The fraction of sp³-hybridized carbons (Fsp3) is 0.846. The number of rotatable bonds is 4. The quantitative estimate of drug-likeness (QED) is 0.814. The molecule has 0 bridgehead atoms. The second kappa shape index (κ2) is 5.61. The number of hydrogen-bond donors (Lipinski definition) is 1. The Bertz CT molecular complexity index is 405. The van der Waals surface area contributed by atoms with Crippen molar-refractivity contribution in [3.05, 3.63) is 0 Å². The van der Waals surface area contributed by atoms with Gasteiger partial charge in [0.25, 0.3) is 0 Å². The number of piperazine rings is 1. The van der Waals surface area contributed by atoms with Crippen molar-refractivity contribution in [2.75, 3.05) is 18.6 Å². The molecular weight excluding hydrogens is 264 g/mol. The van der Waals surface area contributed by atoms with Gasteiger partial charge in [-0.05, 0) is 26.2 Å². The molecule has 1 saturated heterocycles. The maximum atomic E-state index is 12.6. The lowest BCUT2D eigenvalue weighted by Crippen LogP contribution is -2.67. The van der Waals surface area contributed by atoms with E-state index in [0.717, 1.165) is 25.7 Å². The summed E-state index contributed by atoms with van der Waals surface area (Å²) in [6.07, 6.45) is 5.83. The Balaban J connectivity index is 2.09. The highest BCUT2D eigenvalue weighted by atomic mass is 32.2. The zero-order valence-corrected chi connectivity index (χ0v) is 12.4. The Morgan fingerprint density at radius 3 is 2.58 bits per heavy atom. The highest BCUT2D eigenvalue weighted by molar-refractivity contribution is 7.84. The van der Waals surface area contributed by atoms with Crippen LogP contribution in [0.2, 0.25) is 0 Å². The van der Waals surface area contributed by atoms with Crippen LogP contribution < -0.4 is 5.32 Å². The molecule has 6 heteroatoms. The Labute approximate surface area is 116 Å². The van der Waals surface area contributed by atoms with Gasteiger partial charge in [0, 0.05) is 28.9 Å². The minimum Gasteiger partial charge on any atom is -0.340 e. The van der Waals surface area contributed by atoms with E-state index in [0.29, 0.717) is 12.2 Å². The molecule has 2 atom stereocenters. The van der Waals surface area contributed by atoms with Crippen LogP contribution in [0.1, 0.15) is 39.0 Å². The first-order valence-electron chi connectivity index (χ1n) is 6.87. The van der Waals surface area contributed by atoms with Crippen LogP contribution in [0.5, 0.6) is 0 Å². The van der Waals surface area contributed by atoms with Gasteiger partial charge < -0.3 is 10.2 Å². The highest BCUT2D eigenvalue weighted by Crippen LogP contribution is 2.34. The van der Waals surface area contributed by atoms with Crippen LogP contribution in [-0.2, 0) is 20.4 Å². The summed E-state index contributed by atoms with van der Waals surface area (Å²) < 4.78 is 11.2. The SMILES string of the molecule is CC(CCS(C)=O)N1CC(=O)NC2(CCCC2)C1=O. The van der Waals surface area contributed by atoms with Crippen LogP contribution in [-0.4, -0.2) is 51.1 Å². The average molecular weight is 286 g/mol. The molecule has 0 aromatic heterocycles. The maximum absolute atomic E-state index is 12.6. The van der Waals surface area contributed by atoms with Gasteiger partial charge in [-0.25, -0.2) is 0 Å². The summed E-state index contributed by atoms with van der Waals surface area (Å²) in [5.41, 5.74) is -0.644. The Morgan fingerprint density at radius 1 is 1.37 bits per heavy atom. The third kappa shape index (κ3) is 2.99. The van der Waals surface area contributed by atoms with E-state index >= 15 is 0 Å². The molecule has 1 heterocycles. The Morgan fingerprint density at radius 2 is 2.00 bits per heavy atom. The van der Waals surface area contributed by atoms with Crippen molar-refractivity contribution in [1.82, 2.24) is 10.2 Å². The molecule has 0 aromatic carbocycles. The smallest absolute Gasteiger partial charge is 0.249 e. The van der Waals surface area contributed by atoms with Crippen LogP contribution >= 0.6 is 0 Å². The van der Waals surface area contributed by atoms with Gasteiger partial charge in [0.2, 0.25) is 11.8 Å². The van der Waals surface area contributed by atoms with Crippen molar-refractivity contribution in [2.24, 2.45) is 0 Å². The minimum absolute atomic E-state index is 0.0278. The van der Waals surface area contributed by atoms with E-state index < -0.39 is 16.3 Å². The fourth-order valence-corrected chi connectivity index (χ4v) is 3.70. The number of carbonyl (C=O) groups is 2. The summed E-state index contributed by atoms with van der Waals surface area (Å²) >= 11 is 0. The van der Waals surface area contributed by atoms with Crippen LogP contribution in [0, 0.1) is 0 Å². The summed E-state index contributed by atoms with van der Waals surface area (Å²) in [6.45, 7) is 2.07. The second-order valence-electron chi connectivity index (χ2n) is 5.69. The highest BCUT2D eigenvalue weighted by Gasteiger charge is 2.49. The summed E-state index contributed by atoms with van der Waals surface area (Å²) in [5.74, 6) is 0.560. The third-order valence-electron chi connectivity index (χ3n) is 4.18. The van der Waals surface area contributed by atoms with Crippen LogP contribution in [0.3, 0.4) is 0 Å². The monoisotopic (exact) mass is 286 g/mol. The Hall–Kier alpha value is -0.910. The first-order valence-corrected chi connectivity index (χ1v) is 8.59. The standard InChI is InChI=1S/C13H22N2O3S/c1-10(5-8-19(2)18)15-9-11(16)14-13(12(15)17)6-3-4-7-13/h10H,3-9H2,1-2H3,(H,14,16). The van der Waals surface area contributed by atoms with E-state index in [1.807, 2.05) is 6.92 Å². The molecule has 2 aliphatic rings. The maximum Gasteiger partial charge on any atom is 0.249 e. The van der Waals surface area contributed by atoms with Gasteiger partial charge in [-0.2, -0.15) is 0 Å². The summed E-state index contributed by atoms with van der Waals surface area (Å²) in [6, 6.07) is -0.0278. The first-order chi connectivity index (χ1) is 8.94. The molecule has 108 valence electrons. The van der Waals surface area contributed by atoms with Gasteiger partial charge in [0.05, 0.1) is 6.54 Å². The van der Waals surface area contributed by atoms with Gasteiger partial charge in [-0.1, -0.05) is 12.8 Å². The van der Waals surface area contributed by atoms with Crippen molar-refractivity contribution in [3.63, 3.8) is 0 Å². The summed E-state index contributed by atoms with van der Waals surface area (Å²) in [4.78, 5) is 26.2. The summed E-state index contributed by atoms with van der Waals surface area (Å²) in [7, 11) is -0.860. The predicted octanol–water partition coefficient (Wildman–Crippen LogP) is 0.415. The largest absolute Gasteiger partial charge is 0.340 e.